The summed E-state index contributed by atoms with van der Waals surface area (Å²) in [6.45, 7) is 16.1. The van der Waals surface area contributed by atoms with Crippen LogP contribution >= 0.6 is 0 Å². The third-order valence-corrected chi connectivity index (χ3v) is 3.61. The number of nitrogens with zero attached hydrogens (tertiary/aromatic N) is 2. The van der Waals surface area contributed by atoms with Crippen molar-refractivity contribution in [2.75, 3.05) is 46.4 Å². The van der Waals surface area contributed by atoms with E-state index in [4.69, 9.17) is 4.74 Å². The molecule has 1 saturated heterocycles. The van der Waals surface area contributed by atoms with Crippen molar-refractivity contribution in [2.24, 2.45) is 5.41 Å². The largest absolute Gasteiger partial charge is 0.383 e. The molecule has 3 nitrogen and oxygen atoms in total. The first-order chi connectivity index (χ1) is 7.92. The Morgan fingerprint density at radius 1 is 1.18 bits per heavy atom. The van der Waals surface area contributed by atoms with E-state index >= 15 is 0 Å². The van der Waals surface area contributed by atoms with Crippen LogP contribution in [0, 0.1) is 5.41 Å². The van der Waals surface area contributed by atoms with Gasteiger partial charge in [-0.3, -0.25) is 4.90 Å². The molecular weight excluding hydrogens is 212 g/mol. The number of methoxy groups -OCH3 is 1. The predicted molar refractivity (Wildman–Crippen MR) is 73.4 cm³/mol. The maximum Gasteiger partial charge on any atom is 0.0589 e. The number of hydrogen-bond acceptors (Lipinski definition) is 3. The van der Waals surface area contributed by atoms with Crippen molar-refractivity contribution < 1.29 is 4.74 Å². The Labute approximate surface area is 107 Å². The molecule has 1 aliphatic rings. The minimum absolute atomic E-state index is 0.455. The zero-order valence-corrected chi connectivity index (χ0v) is 12.3. The van der Waals surface area contributed by atoms with E-state index in [2.05, 4.69) is 37.5 Å². The highest BCUT2D eigenvalue weighted by molar-refractivity contribution is 4.79. The van der Waals surface area contributed by atoms with E-state index in [9.17, 15) is 0 Å². The van der Waals surface area contributed by atoms with Crippen LogP contribution in [0.1, 0.15) is 34.1 Å². The average molecular weight is 242 g/mol. The highest BCUT2D eigenvalue weighted by Gasteiger charge is 2.23. The van der Waals surface area contributed by atoms with Crippen LogP contribution in [0.4, 0.5) is 0 Å². The van der Waals surface area contributed by atoms with Gasteiger partial charge in [0.1, 0.15) is 0 Å². The summed E-state index contributed by atoms with van der Waals surface area (Å²) in [6.07, 6.45) is 1.29. The molecule has 3 heteroatoms. The van der Waals surface area contributed by atoms with Crippen molar-refractivity contribution in [3.8, 4) is 0 Å². The number of ether oxygens (including phenoxy) is 1. The van der Waals surface area contributed by atoms with Crippen LogP contribution in [0.3, 0.4) is 0 Å². The van der Waals surface area contributed by atoms with Gasteiger partial charge in [0.05, 0.1) is 6.61 Å². The van der Waals surface area contributed by atoms with Gasteiger partial charge in [-0.15, -0.1) is 0 Å². The van der Waals surface area contributed by atoms with Crippen LogP contribution in [0.25, 0.3) is 0 Å². The molecule has 0 aromatic heterocycles. The van der Waals surface area contributed by atoms with E-state index in [1.165, 1.54) is 32.6 Å². The van der Waals surface area contributed by atoms with E-state index in [0.717, 1.165) is 13.2 Å². The lowest BCUT2D eigenvalue weighted by Gasteiger charge is -2.40. The molecule has 0 spiro atoms. The second-order valence-electron chi connectivity index (χ2n) is 6.49. The molecule has 0 saturated carbocycles. The predicted octanol–water partition coefficient (Wildman–Crippen LogP) is 2.08. The molecule has 1 fully saturated rings. The molecule has 0 aromatic rings. The Morgan fingerprint density at radius 3 is 2.41 bits per heavy atom. The Hall–Kier alpha value is -0.120. The second-order valence-corrected chi connectivity index (χ2v) is 6.49. The standard InChI is InChI=1S/C14H30N2O/c1-13-12-15(7-6-14(2,3)4)8-9-16(13)10-11-17-5/h13H,6-12H2,1-5H3/t13-/m0/s1. The third-order valence-electron chi connectivity index (χ3n) is 3.61. The lowest BCUT2D eigenvalue weighted by molar-refractivity contribution is 0.0545. The first kappa shape index (κ1) is 14.9. The van der Waals surface area contributed by atoms with E-state index < -0.39 is 0 Å². The van der Waals surface area contributed by atoms with Crippen LogP contribution < -0.4 is 0 Å². The van der Waals surface area contributed by atoms with Crippen molar-refractivity contribution in [2.45, 2.75) is 40.2 Å². The fraction of sp³-hybridized carbons (Fsp3) is 1.00. The van der Waals surface area contributed by atoms with Gasteiger partial charge in [-0.1, -0.05) is 20.8 Å². The highest BCUT2D eigenvalue weighted by atomic mass is 16.5. The molecule has 0 unspecified atom stereocenters. The summed E-state index contributed by atoms with van der Waals surface area (Å²) in [6, 6.07) is 0.666. The lowest BCUT2D eigenvalue weighted by Crippen LogP contribution is -2.52. The third kappa shape index (κ3) is 5.84. The summed E-state index contributed by atoms with van der Waals surface area (Å²) in [4.78, 5) is 5.15. The second kappa shape index (κ2) is 6.72. The van der Waals surface area contributed by atoms with Gasteiger partial charge in [0, 0.05) is 39.3 Å². The van der Waals surface area contributed by atoms with E-state index in [1.807, 2.05) is 0 Å². The van der Waals surface area contributed by atoms with E-state index in [0.29, 0.717) is 11.5 Å². The first-order valence-corrected chi connectivity index (χ1v) is 6.88. The molecule has 0 aliphatic carbocycles. The van der Waals surface area contributed by atoms with Crippen molar-refractivity contribution in [1.82, 2.24) is 9.80 Å². The molecule has 17 heavy (non-hydrogen) atoms. The van der Waals surface area contributed by atoms with Gasteiger partial charge in [0.2, 0.25) is 0 Å². The van der Waals surface area contributed by atoms with E-state index in [-0.39, 0.29) is 0 Å². The van der Waals surface area contributed by atoms with Crippen molar-refractivity contribution >= 4 is 0 Å². The number of hydrogen-bond donors (Lipinski definition) is 0. The van der Waals surface area contributed by atoms with Crippen LogP contribution in [-0.2, 0) is 4.74 Å². The highest BCUT2D eigenvalue weighted by Crippen LogP contribution is 2.20. The monoisotopic (exact) mass is 242 g/mol. The summed E-state index contributed by atoms with van der Waals surface area (Å²) in [5, 5.41) is 0. The average Bonchev–Trinajstić information content (AvgIpc) is 2.24. The molecule has 0 radical (unpaired) electrons. The van der Waals surface area contributed by atoms with E-state index in [1.54, 1.807) is 7.11 Å². The normalized spacial score (nSPS) is 24.2. The molecule has 0 N–H and O–H groups in total. The Bertz CT molecular complexity index is 213. The van der Waals surface area contributed by atoms with Gasteiger partial charge >= 0.3 is 0 Å². The fourth-order valence-electron chi connectivity index (χ4n) is 2.31. The van der Waals surface area contributed by atoms with Crippen molar-refractivity contribution in [3.05, 3.63) is 0 Å². The SMILES string of the molecule is COCCN1CCN(CCC(C)(C)C)C[C@@H]1C. The zero-order valence-electron chi connectivity index (χ0n) is 12.3. The topological polar surface area (TPSA) is 15.7 Å². The molecule has 1 rings (SSSR count). The summed E-state index contributed by atoms with van der Waals surface area (Å²) in [5.74, 6) is 0. The quantitative estimate of drug-likeness (QED) is 0.734. The number of rotatable bonds is 5. The summed E-state index contributed by atoms with van der Waals surface area (Å²) in [7, 11) is 1.78. The van der Waals surface area contributed by atoms with Crippen LogP contribution in [0.2, 0.25) is 0 Å². The number of piperazine rings is 1. The lowest BCUT2D eigenvalue weighted by atomic mass is 9.92. The maximum atomic E-state index is 5.16. The Balaban J connectivity index is 2.26. The minimum Gasteiger partial charge on any atom is -0.383 e. The Kier molecular flexibility index (Phi) is 5.90. The molecule has 0 aromatic carbocycles. The zero-order chi connectivity index (χ0) is 12.9. The molecule has 0 amide bonds. The van der Waals surface area contributed by atoms with Gasteiger partial charge in [-0.25, -0.2) is 0 Å². The molecule has 1 heterocycles. The van der Waals surface area contributed by atoms with Gasteiger partial charge in [0.15, 0.2) is 0 Å². The van der Waals surface area contributed by atoms with Crippen LogP contribution in [0.5, 0.6) is 0 Å². The minimum atomic E-state index is 0.455. The van der Waals surface area contributed by atoms with Crippen molar-refractivity contribution in [3.63, 3.8) is 0 Å². The molecule has 102 valence electrons. The van der Waals surface area contributed by atoms with Crippen LogP contribution in [-0.4, -0.2) is 62.3 Å². The Morgan fingerprint density at radius 2 is 1.88 bits per heavy atom. The maximum absolute atomic E-state index is 5.16. The molecular formula is C14H30N2O. The fourth-order valence-corrected chi connectivity index (χ4v) is 2.31. The summed E-state index contributed by atoms with van der Waals surface area (Å²) < 4.78 is 5.16. The van der Waals surface area contributed by atoms with Gasteiger partial charge < -0.3 is 9.64 Å². The first-order valence-electron chi connectivity index (χ1n) is 6.88. The van der Waals surface area contributed by atoms with Crippen LogP contribution in [0.15, 0.2) is 0 Å². The smallest absolute Gasteiger partial charge is 0.0589 e. The van der Waals surface area contributed by atoms with Crippen molar-refractivity contribution in [1.29, 1.82) is 0 Å². The molecule has 1 aliphatic heterocycles. The molecule has 0 bridgehead atoms. The summed E-state index contributed by atoms with van der Waals surface area (Å²) >= 11 is 0. The van der Waals surface area contributed by atoms with Gasteiger partial charge in [0.25, 0.3) is 0 Å². The van der Waals surface area contributed by atoms with Gasteiger partial charge in [-0.2, -0.15) is 0 Å². The molecule has 1 atom stereocenters. The van der Waals surface area contributed by atoms with Gasteiger partial charge in [-0.05, 0) is 25.3 Å². The summed E-state index contributed by atoms with van der Waals surface area (Å²) in [5.41, 5.74) is 0.455.